The molecular weight excluding hydrogens is 793 g/mol. The molecule has 0 aliphatic heterocycles. The van der Waals surface area contributed by atoms with Crippen molar-refractivity contribution in [3.63, 3.8) is 0 Å². The summed E-state index contributed by atoms with van der Waals surface area (Å²) in [6.07, 6.45) is 0. The van der Waals surface area contributed by atoms with Crippen LogP contribution in [0.15, 0.2) is 259 Å². The quantitative estimate of drug-likeness (QED) is 0.107. The van der Waals surface area contributed by atoms with Gasteiger partial charge in [-0.3, -0.25) is 0 Å². The monoisotopic (exact) mass is 834 g/mol. The van der Waals surface area contributed by atoms with Crippen molar-refractivity contribution in [3.05, 3.63) is 255 Å². The summed E-state index contributed by atoms with van der Waals surface area (Å²) in [5.41, 5.74) is 10.7. The molecule has 0 bridgehead atoms. The molecule has 0 radical (unpaired) electrons. The number of nitrogens with zero attached hydrogens (tertiary/aromatic N) is 2. The van der Waals surface area contributed by atoms with E-state index in [-0.39, 0.29) is 0 Å². The zero-order valence-electron chi connectivity index (χ0n) is 35.1. The van der Waals surface area contributed by atoms with Gasteiger partial charge in [0.05, 0.1) is 11.0 Å². The minimum atomic E-state index is -2.71. The molecule has 2 heterocycles. The molecule has 0 aliphatic carbocycles. The lowest BCUT2D eigenvalue weighted by Crippen LogP contribution is -2.74. The van der Waals surface area contributed by atoms with Gasteiger partial charge in [-0.1, -0.05) is 188 Å². The van der Waals surface area contributed by atoms with E-state index in [0.717, 1.165) is 55.8 Å². The first-order valence-electron chi connectivity index (χ1n) is 21.9. The highest BCUT2D eigenvalue weighted by atomic mass is 28.3. The molecule has 0 saturated carbocycles. The van der Waals surface area contributed by atoms with Crippen LogP contribution in [0.3, 0.4) is 0 Å². The van der Waals surface area contributed by atoms with Crippen LogP contribution < -0.4 is 25.6 Å². The maximum absolute atomic E-state index is 6.47. The summed E-state index contributed by atoms with van der Waals surface area (Å²) in [7, 11) is -2.71. The van der Waals surface area contributed by atoms with E-state index in [4.69, 9.17) is 4.42 Å². The molecule has 0 fully saturated rings. The molecule has 64 heavy (non-hydrogen) atoms. The minimum Gasteiger partial charge on any atom is -0.455 e. The summed E-state index contributed by atoms with van der Waals surface area (Å²) < 4.78 is 8.85. The number of aromatic nitrogens is 1. The van der Waals surface area contributed by atoms with Gasteiger partial charge >= 0.3 is 0 Å². The number of benzene rings is 10. The second-order valence-electron chi connectivity index (χ2n) is 16.4. The Morgan fingerprint density at radius 1 is 0.328 bits per heavy atom. The van der Waals surface area contributed by atoms with Gasteiger partial charge in [0.1, 0.15) is 11.2 Å². The largest absolute Gasteiger partial charge is 0.455 e. The SMILES string of the molecule is c1ccc([Si](c2ccccc2)(c2ccccc2)c2ccc(N(c3ccc(-c4cccc5c4oc4ccccc45)cc3)c3ccc(-n4c5ccccc5c5ccccc54)cc3)cc2)cc1. The van der Waals surface area contributed by atoms with Crippen LogP contribution >= 0.6 is 0 Å². The van der Waals surface area contributed by atoms with E-state index >= 15 is 0 Å². The van der Waals surface area contributed by atoms with Gasteiger partial charge in [0.25, 0.3) is 0 Å². The predicted octanol–water partition coefficient (Wildman–Crippen LogP) is 13.2. The van der Waals surface area contributed by atoms with Gasteiger partial charge < -0.3 is 13.9 Å². The van der Waals surface area contributed by atoms with E-state index in [2.05, 4.69) is 252 Å². The van der Waals surface area contributed by atoms with Crippen LogP contribution in [0, 0.1) is 0 Å². The van der Waals surface area contributed by atoms with Gasteiger partial charge in [0.2, 0.25) is 0 Å². The standard InChI is InChI=1S/C60H42N2OSi/c1-4-17-48(18-5-1)64(49-19-6-2-7-20-49,50-21-8-3-9-22-50)51-41-39-46(40-42-51)61(44-33-31-43(32-34-44)52-26-16-27-56-55-25-12-15-30-59(55)63-60(52)56)45-35-37-47(38-36-45)62-57-28-13-10-23-53(57)54-24-11-14-29-58(54)62/h1-42H. The number of rotatable bonds is 9. The van der Waals surface area contributed by atoms with E-state index in [1.54, 1.807) is 0 Å². The van der Waals surface area contributed by atoms with Gasteiger partial charge in [-0.15, -0.1) is 0 Å². The van der Waals surface area contributed by atoms with E-state index in [0.29, 0.717) is 0 Å². The summed E-state index contributed by atoms with van der Waals surface area (Å²) in [5.74, 6) is 0. The van der Waals surface area contributed by atoms with Crippen LogP contribution in [0.1, 0.15) is 0 Å². The number of hydrogen-bond donors (Lipinski definition) is 0. The molecule has 4 heteroatoms. The van der Waals surface area contributed by atoms with E-state index < -0.39 is 8.07 Å². The minimum absolute atomic E-state index is 0.902. The lowest BCUT2D eigenvalue weighted by atomic mass is 10.0. The molecule has 0 aliphatic rings. The Balaban J connectivity index is 1.01. The fraction of sp³-hybridized carbons (Fsp3) is 0. The molecule has 0 unspecified atom stereocenters. The molecule has 12 aromatic rings. The number of furan rings is 1. The van der Waals surface area contributed by atoms with E-state index in [9.17, 15) is 0 Å². The molecule has 0 atom stereocenters. The Labute approximate surface area is 373 Å². The summed E-state index contributed by atoms with van der Waals surface area (Å²) in [6, 6.07) is 92.8. The van der Waals surface area contributed by atoms with Gasteiger partial charge in [-0.25, -0.2) is 0 Å². The van der Waals surface area contributed by atoms with Gasteiger partial charge in [0, 0.05) is 49.9 Å². The molecule has 12 rings (SSSR count). The molecule has 302 valence electrons. The fourth-order valence-electron chi connectivity index (χ4n) is 10.1. The van der Waals surface area contributed by atoms with Crippen LogP contribution in [-0.2, 0) is 0 Å². The molecule has 0 spiro atoms. The van der Waals surface area contributed by atoms with Crippen molar-refractivity contribution < 1.29 is 4.42 Å². The third-order valence-corrected chi connectivity index (χ3v) is 17.8. The Bertz CT molecular complexity index is 3430. The molecule has 0 N–H and O–H groups in total. The molecule has 10 aromatic carbocycles. The fourth-order valence-corrected chi connectivity index (χ4v) is 14.8. The first-order chi connectivity index (χ1) is 31.8. The Hall–Kier alpha value is -8.18. The molecule has 0 amide bonds. The highest BCUT2D eigenvalue weighted by molar-refractivity contribution is 7.19. The van der Waals surface area contributed by atoms with Crippen LogP contribution in [0.25, 0.3) is 60.6 Å². The third-order valence-electron chi connectivity index (χ3n) is 13.0. The van der Waals surface area contributed by atoms with Gasteiger partial charge in [-0.05, 0) is 93.0 Å². The average Bonchev–Trinajstić information content (AvgIpc) is 3.93. The van der Waals surface area contributed by atoms with E-state index in [1.807, 2.05) is 12.1 Å². The second kappa shape index (κ2) is 15.6. The number of hydrogen-bond acceptors (Lipinski definition) is 2. The average molecular weight is 835 g/mol. The summed E-state index contributed by atoms with van der Waals surface area (Å²) in [5, 5.41) is 10.2. The van der Waals surface area contributed by atoms with Crippen LogP contribution in [0.4, 0.5) is 17.1 Å². The summed E-state index contributed by atoms with van der Waals surface area (Å²) in [6.45, 7) is 0. The second-order valence-corrected chi connectivity index (χ2v) is 20.3. The predicted molar refractivity (Wildman–Crippen MR) is 272 cm³/mol. The highest BCUT2D eigenvalue weighted by Gasteiger charge is 2.41. The lowest BCUT2D eigenvalue weighted by molar-refractivity contribution is 0.670. The molecule has 3 nitrogen and oxygen atoms in total. The van der Waals surface area contributed by atoms with Gasteiger partial charge in [0.15, 0.2) is 8.07 Å². The normalized spacial score (nSPS) is 11.8. The molecule has 2 aromatic heterocycles. The zero-order valence-corrected chi connectivity index (χ0v) is 36.1. The smallest absolute Gasteiger partial charge is 0.179 e. The van der Waals surface area contributed by atoms with Crippen molar-refractivity contribution in [1.29, 1.82) is 0 Å². The maximum atomic E-state index is 6.47. The Morgan fingerprint density at radius 3 is 1.30 bits per heavy atom. The van der Waals surface area contributed by atoms with Crippen LogP contribution in [-0.4, -0.2) is 12.6 Å². The van der Waals surface area contributed by atoms with Crippen molar-refractivity contribution in [1.82, 2.24) is 4.57 Å². The number of anilines is 3. The Morgan fingerprint density at radius 2 is 0.750 bits per heavy atom. The van der Waals surface area contributed by atoms with Crippen molar-refractivity contribution in [3.8, 4) is 16.8 Å². The van der Waals surface area contributed by atoms with Crippen LogP contribution in [0.2, 0.25) is 0 Å². The third kappa shape index (κ3) is 6.10. The zero-order chi connectivity index (χ0) is 42.5. The molecule has 0 saturated heterocycles. The number of fused-ring (bicyclic) bond motifs is 6. The van der Waals surface area contributed by atoms with E-state index in [1.165, 1.54) is 42.6 Å². The topological polar surface area (TPSA) is 21.3 Å². The first-order valence-corrected chi connectivity index (χ1v) is 23.9. The summed E-state index contributed by atoms with van der Waals surface area (Å²) >= 11 is 0. The van der Waals surface area contributed by atoms with Gasteiger partial charge in [-0.2, -0.15) is 0 Å². The lowest BCUT2D eigenvalue weighted by Gasteiger charge is -2.35. The van der Waals surface area contributed by atoms with Crippen molar-refractivity contribution in [2.75, 3.05) is 4.90 Å². The highest BCUT2D eigenvalue weighted by Crippen LogP contribution is 2.40. The first kappa shape index (κ1) is 37.6. The van der Waals surface area contributed by atoms with Crippen molar-refractivity contribution >= 4 is 89.6 Å². The molecular formula is C60H42N2OSi. The Kier molecular flexibility index (Phi) is 9.17. The number of para-hydroxylation sites is 4. The van der Waals surface area contributed by atoms with Crippen LogP contribution in [0.5, 0.6) is 0 Å². The maximum Gasteiger partial charge on any atom is 0.179 e. The van der Waals surface area contributed by atoms with Crippen molar-refractivity contribution in [2.45, 2.75) is 0 Å². The van der Waals surface area contributed by atoms with Crippen molar-refractivity contribution in [2.24, 2.45) is 0 Å². The summed E-state index contributed by atoms with van der Waals surface area (Å²) in [4.78, 5) is 2.38.